The largest absolute Gasteiger partial charge is 0.483 e. The Hall–Kier alpha value is -4.35. The first-order chi connectivity index (χ1) is 23.3. The van der Waals surface area contributed by atoms with Gasteiger partial charge in [0.15, 0.2) is 6.61 Å². The van der Waals surface area contributed by atoms with E-state index in [2.05, 4.69) is 72.0 Å². The van der Waals surface area contributed by atoms with E-state index in [1.165, 1.54) is 6.42 Å². The number of benzene rings is 2. The van der Waals surface area contributed by atoms with E-state index in [0.29, 0.717) is 30.0 Å². The first-order valence-electron chi connectivity index (χ1n) is 16.7. The third-order valence-corrected chi connectivity index (χ3v) is 5.86. The third kappa shape index (κ3) is 25.4. The summed E-state index contributed by atoms with van der Waals surface area (Å²) in [6.45, 7) is 31.9. The summed E-state index contributed by atoms with van der Waals surface area (Å²) in [6.07, 6.45) is 6.68. The number of hydrogen-bond donors (Lipinski definition) is 2. The number of esters is 1. The Labute approximate surface area is 305 Å². The average molecular weight is 740 g/mol. The summed E-state index contributed by atoms with van der Waals surface area (Å²) >= 11 is 3.41. The van der Waals surface area contributed by atoms with E-state index in [1.54, 1.807) is 44.2 Å². The lowest BCUT2D eigenvalue weighted by molar-refractivity contribution is -0.120. The van der Waals surface area contributed by atoms with Crippen LogP contribution < -0.4 is 15.4 Å². The fourth-order valence-corrected chi connectivity index (χ4v) is 3.49. The van der Waals surface area contributed by atoms with Crippen molar-refractivity contribution in [1.82, 2.24) is 5.32 Å². The van der Waals surface area contributed by atoms with E-state index in [9.17, 15) is 14.4 Å². The summed E-state index contributed by atoms with van der Waals surface area (Å²) in [5.41, 5.74) is 4.37. The number of halogens is 1. The molecule has 2 aromatic rings. The van der Waals surface area contributed by atoms with Crippen molar-refractivity contribution in [2.75, 3.05) is 25.1 Å². The van der Waals surface area contributed by atoms with Crippen molar-refractivity contribution in [2.45, 2.75) is 88.5 Å². The molecule has 0 aliphatic heterocycles. The van der Waals surface area contributed by atoms with Gasteiger partial charge in [-0.3, -0.25) is 9.59 Å². The second-order valence-electron chi connectivity index (χ2n) is 9.84. The Balaban J connectivity index is -0.000000754. The molecule has 7 nitrogen and oxygen atoms in total. The van der Waals surface area contributed by atoms with Crippen LogP contribution in [-0.4, -0.2) is 37.5 Å². The van der Waals surface area contributed by atoms with Gasteiger partial charge < -0.3 is 20.1 Å². The fourth-order valence-electron chi connectivity index (χ4n) is 3.13. The predicted octanol–water partition coefficient (Wildman–Crippen LogP) is 10.7. The van der Waals surface area contributed by atoms with Gasteiger partial charge in [0.05, 0.1) is 12.2 Å². The minimum Gasteiger partial charge on any atom is -0.483 e. The molecule has 2 aromatic carbocycles. The van der Waals surface area contributed by atoms with Gasteiger partial charge in [-0.05, 0) is 87.7 Å². The molecule has 0 aliphatic rings. The predicted molar refractivity (Wildman–Crippen MR) is 213 cm³/mol. The van der Waals surface area contributed by atoms with Gasteiger partial charge in [-0.25, -0.2) is 4.79 Å². The van der Waals surface area contributed by atoms with Crippen LogP contribution in [0.4, 0.5) is 5.69 Å². The summed E-state index contributed by atoms with van der Waals surface area (Å²) in [4.78, 5) is 34.2. The normalized spacial score (nSPS) is 9.04. The molecule has 2 rings (SSSR count). The second-order valence-corrected chi connectivity index (χ2v) is 10.8. The van der Waals surface area contributed by atoms with Crippen LogP contribution in [0.3, 0.4) is 0 Å². The van der Waals surface area contributed by atoms with Gasteiger partial charge in [0.1, 0.15) is 5.75 Å². The van der Waals surface area contributed by atoms with Crippen LogP contribution in [0.25, 0.3) is 5.57 Å². The molecule has 0 saturated heterocycles. The molecule has 2 N–H and O–H groups in total. The number of allylic oxidation sites excluding steroid dienone is 5. The van der Waals surface area contributed by atoms with Gasteiger partial charge in [-0.2, -0.15) is 0 Å². The lowest BCUT2D eigenvalue weighted by Crippen LogP contribution is -2.22. The zero-order chi connectivity index (χ0) is 38.2. The number of hydrogen-bond acceptors (Lipinski definition) is 5. The molecule has 0 aliphatic carbocycles. The minimum absolute atomic E-state index is 0.137. The van der Waals surface area contributed by atoms with Gasteiger partial charge in [0.2, 0.25) is 5.91 Å². The van der Waals surface area contributed by atoms with E-state index >= 15 is 0 Å². The Morgan fingerprint density at radius 3 is 2.00 bits per heavy atom. The molecule has 0 aromatic heterocycles. The monoisotopic (exact) mass is 738 g/mol. The van der Waals surface area contributed by atoms with Crippen LogP contribution in [0.2, 0.25) is 0 Å². The quantitative estimate of drug-likeness (QED) is 0.128. The van der Waals surface area contributed by atoms with Crippen LogP contribution >= 0.6 is 15.9 Å². The number of ether oxygens (including phenoxy) is 2. The molecule has 0 spiro atoms. The third-order valence-electron chi connectivity index (χ3n) is 5.36. The molecule has 0 heterocycles. The van der Waals surface area contributed by atoms with Crippen LogP contribution in [-0.2, 0) is 14.3 Å². The van der Waals surface area contributed by atoms with Crippen LogP contribution in [0.15, 0.2) is 90.0 Å². The molecular weight excluding hydrogens is 680 g/mol. The molecule has 0 saturated carbocycles. The Kier molecular flexibility index (Phi) is 32.2. The van der Waals surface area contributed by atoms with Crippen molar-refractivity contribution in [2.24, 2.45) is 0 Å². The highest BCUT2D eigenvalue weighted by Crippen LogP contribution is 2.28. The highest BCUT2D eigenvalue weighted by atomic mass is 79.9. The van der Waals surface area contributed by atoms with E-state index in [4.69, 9.17) is 9.47 Å². The lowest BCUT2D eigenvalue weighted by Gasteiger charge is -2.12. The number of nitrogens with one attached hydrogen (secondary N) is 2. The molecule has 8 heteroatoms. The molecule has 270 valence electrons. The Bertz CT molecular complexity index is 1380. The van der Waals surface area contributed by atoms with E-state index in [-0.39, 0.29) is 18.4 Å². The van der Waals surface area contributed by atoms with Crippen molar-refractivity contribution in [3.8, 4) is 17.6 Å². The van der Waals surface area contributed by atoms with E-state index in [1.807, 2.05) is 65.8 Å². The second kappa shape index (κ2) is 32.2. The summed E-state index contributed by atoms with van der Waals surface area (Å²) < 4.78 is 11.4. The zero-order valence-electron chi connectivity index (χ0n) is 31.5. The zero-order valence-corrected chi connectivity index (χ0v) is 33.1. The highest BCUT2D eigenvalue weighted by molar-refractivity contribution is 9.10. The van der Waals surface area contributed by atoms with Crippen molar-refractivity contribution in [3.63, 3.8) is 0 Å². The topological polar surface area (TPSA) is 93.7 Å². The van der Waals surface area contributed by atoms with Crippen molar-refractivity contribution in [3.05, 3.63) is 101 Å². The van der Waals surface area contributed by atoms with Crippen molar-refractivity contribution in [1.29, 1.82) is 0 Å². The Morgan fingerprint density at radius 2 is 1.53 bits per heavy atom. The van der Waals surface area contributed by atoms with Gasteiger partial charge in [-0.15, -0.1) is 5.92 Å². The molecule has 49 heavy (non-hydrogen) atoms. The summed E-state index contributed by atoms with van der Waals surface area (Å²) in [7, 11) is 0. The SMILES string of the molecule is C=C(C#CC)C(=C)/C=C\C.C=C(C)c1cc(Br)ccc1OCC(=O)Nc1ccc(C(=O)OCC)cc1.CC.CCC.CCCNC(=O)CC. The molecule has 2 amide bonds. The molecule has 0 unspecified atom stereocenters. The smallest absolute Gasteiger partial charge is 0.338 e. The van der Waals surface area contributed by atoms with Gasteiger partial charge in [0.25, 0.3) is 5.91 Å². The number of carbonyl (C=O) groups excluding carboxylic acids is 3. The fraction of sp³-hybridized carbons (Fsp3) is 0.390. The first-order valence-corrected chi connectivity index (χ1v) is 17.5. The molecule has 0 fully saturated rings. The van der Waals surface area contributed by atoms with Gasteiger partial charge in [0, 0.05) is 34.3 Å². The van der Waals surface area contributed by atoms with Gasteiger partial charge in [-0.1, -0.05) is 102 Å². The van der Waals surface area contributed by atoms with Crippen LogP contribution in [0, 0.1) is 11.8 Å². The number of rotatable bonds is 12. The summed E-state index contributed by atoms with van der Waals surface area (Å²) in [6, 6.07) is 12.0. The Morgan fingerprint density at radius 1 is 0.939 bits per heavy atom. The summed E-state index contributed by atoms with van der Waals surface area (Å²) in [5, 5.41) is 5.47. The van der Waals surface area contributed by atoms with E-state index < -0.39 is 5.97 Å². The van der Waals surface area contributed by atoms with Crippen LogP contribution in [0.1, 0.15) is 104 Å². The standard InChI is InChI=1S/C20H20BrNO4.C10H12.C6H13NO.C3H8.C2H6/c1-4-25-20(24)14-5-8-16(9-6-14)22-19(23)12-26-18-10-7-15(21)11-17(18)13(2)3;1-5-7-9(3)10(4)8-6-2;1-3-5-7-6(8)4-2;1-3-2;1-2/h5-11H,2,4,12H2,1,3H3,(H,22,23);5,7H,3-4H2,1-2H3;3-5H2,1-2H3,(H,7,8);3H2,1-2H3;1-2H3/b;7-5-;;;. The van der Waals surface area contributed by atoms with E-state index in [0.717, 1.165) is 39.7 Å². The molecule has 0 radical (unpaired) electrons. The number of anilines is 1. The maximum atomic E-state index is 12.1. The summed E-state index contributed by atoms with van der Waals surface area (Å²) in [5.74, 6) is 5.64. The minimum atomic E-state index is -0.392. The number of amides is 2. The molecule has 0 atom stereocenters. The molecule has 0 bridgehead atoms. The average Bonchev–Trinajstić information content (AvgIpc) is 3.09. The first kappa shape index (κ1) is 49.0. The number of carbonyl (C=O) groups is 3. The highest BCUT2D eigenvalue weighted by Gasteiger charge is 2.10. The maximum absolute atomic E-state index is 12.1. The lowest BCUT2D eigenvalue weighted by atomic mass is 10.1. The molecular formula is C41H59BrN2O5. The van der Waals surface area contributed by atoms with Crippen LogP contribution in [0.5, 0.6) is 5.75 Å². The maximum Gasteiger partial charge on any atom is 0.338 e. The van der Waals surface area contributed by atoms with Crippen molar-refractivity contribution >= 4 is 45.0 Å². The van der Waals surface area contributed by atoms with Crippen molar-refractivity contribution < 1.29 is 23.9 Å². The van der Waals surface area contributed by atoms with Gasteiger partial charge >= 0.3 is 5.97 Å².